The Labute approximate surface area is 125 Å². The zero-order valence-electron chi connectivity index (χ0n) is 12.8. The normalized spacial score (nSPS) is 22.0. The van der Waals surface area contributed by atoms with Crippen molar-refractivity contribution in [2.45, 2.75) is 45.6 Å². The first-order valence-electron chi connectivity index (χ1n) is 7.67. The van der Waals surface area contributed by atoms with Gasteiger partial charge in [-0.1, -0.05) is 19.8 Å². The number of aromatic amines is 1. The van der Waals surface area contributed by atoms with Gasteiger partial charge in [-0.2, -0.15) is 0 Å². The van der Waals surface area contributed by atoms with Crippen LogP contribution in [0, 0.1) is 12.8 Å². The second-order valence-electron chi connectivity index (χ2n) is 5.81. The molecule has 1 saturated carbocycles. The Morgan fingerprint density at radius 1 is 1.38 bits per heavy atom. The SMILES string of the molecule is Cc1ccc(C(=O)NCCO[C@@H]2CCCC[C@@H]2C)c(=O)[nH]1. The third kappa shape index (κ3) is 4.43. The zero-order valence-corrected chi connectivity index (χ0v) is 12.8. The third-order valence-electron chi connectivity index (χ3n) is 4.05. The molecule has 1 aliphatic carbocycles. The van der Waals surface area contributed by atoms with Crippen LogP contribution in [0.4, 0.5) is 0 Å². The lowest BCUT2D eigenvalue weighted by Crippen LogP contribution is -2.34. The van der Waals surface area contributed by atoms with Crippen molar-refractivity contribution in [1.29, 1.82) is 0 Å². The molecule has 0 spiro atoms. The van der Waals surface area contributed by atoms with Gasteiger partial charge in [-0.05, 0) is 37.8 Å². The number of aromatic nitrogens is 1. The molecular weight excluding hydrogens is 268 g/mol. The van der Waals surface area contributed by atoms with Crippen LogP contribution in [0.5, 0.6) is 0 Å². The molecule has 2 atom stereocenters. The quantitative estimate of drug-likeness (QED) is 0.816. The summed E-state index contributed by atoms with van der Waals surface area (Å²) in [6, 6.07) is 3.27. The van der Waals surface area contributed by atoms with E-state index in [1.165, 1.54) is 19.3 Å². The Bertz CT molecular complexity index is 539. The van der Waals surface area contributed by atoms with E-state index in [-0.39, 0.29) is 17.0 Å². The molecule has 1 fully saturated rings. The maximum Gasteiger partial charge on any atom is 0.260 e. The van der Waals surface area contributed by atoms with Gasteiger partial charge in [-0.15, -0.1) is 0 Å². The van der Waals surface area contributed by atoms with Gasteiger partial charge in [0.2, 0.25) is 0 Å². The molecular formula is C16H24N2O3. The number of carbonyl (C=O) groups excluding carboxylic acids is 1. The predicted octanol–water partition coefficient (Wildman–Crippen LogP) is 2.01. The molecule has 0 aliphatic heterocycles. The van der Waals surface area contributed by atoms with Crippen LogP contribution < -0.4 is 10.9 Å². The Hall–Kier alpha value is -1.62. The molecule has 0 aromatic carbocycles. The molecule has 1 amide bonds. The van der Waals surface area contributed by atoms with E-state index in [0.29, 0.717) is 25.2 Å². The molecule has 0 unspecified atom stereocenters. The first kappa shape index (κ1) is 15.8. The predicted molar refractivity (Wildman–Crippen MR) is 81.5 cm³/mol. The molecule has 0 saturated heterocycles. The van der Waals surface area contributed by atoms with E-state index in [1.807, 2.05) is 0 Å². The molecule has 1 heterocycles. The van der Waals surface area contributed by atoms with Gasteiger partial charge in [0.05, 0.1) is 12.7 Å². The minimum absolute atomic E-state index is 0.145. The molecule has 1 aromatic rings. The highest BCUT2D eigenvalue weighted by atomic mass is 16.5. The van der Waals surface area contributed by atoms with E-state index in [9.17, 15) is 9.59 Å². The molecule has 1 aliphatic rings. The smallest absolute Gasteiger partial charge is 0.260 e. The van der Waals surface area contributed by atoms with Gasteiger partial charge in [-0.25, -0.2) is 0 Å². The molecule has 116 valence electrons. The van der Waals surface area contributed by atoms with Crippen molar-refractivity contribution in [2.24, 2.45) is 5.92 Å². The molecule has 5 heteroatoms. The number of amides is 1. The van der Waals surface area contributed by atoms with Gasteiger partial charge in [0.25, 0.3) is 11.5 Å². The fourth-order valence-electron chi connectivity index (χ4n) is 2.75. The minimum Gasteiger partial charge on any atom is -0.376 e. The summed E-state index contributed by atoms with van der Waals surface area (Å²) in [5.41, 5.74) is 0.534. The molecule has 21 heavy (non-hydrogen) atoms. The number of nitrogens with one attached hydrogen (secondary N) is 2. The zero-order chi connectivity index (χ0) is 15.2. The van der Waals surface area contributed by atoms with Crippen LogP contribution in [0.25, 0.3) is 0 Å². The minimum atomic E-state index is -0.352. The van der Waals surface area contributed by atoms with Crippen molar-refractivity contribution in [3.8, 4) is 0 Å². The second-order valence-corrected chi connectivity index (χ2v) is 5.81. The van der Waals surface area contributed by atoms with Crippen LogP contribution in [0.2, 0.25) is 0 Å². The van der Waals surface area contributed by atoms with Crippen LogP contribution in [-0.2, 0) is 4.74 Å². The highest BCUT2D eigenvalue weighted by molar-refractivity contribution is 5.93. The molecule has 0 bridgehead atoms. The van der Waals surface area contributed by atoms with Crippen LogP contribution in [0.1, 0.15) is 48.7 Å². The van der Waals surface area contributed by atoms with Gasteiger partial charge in [0.1, 0.15) is 5.56 Å². The third-order valence-corrected chi connectivity index (χ3v) is 4.05. The number of aryl methyl sites for hydroxylation is 1. The van der Waals surface area contributed by atoms with Gasteiger partial charge in [-0.3, -0.25) is 9.59 Å². The number of H-pyrrole nitrogens is 1. The average Bonchev–Trinajstić information content (AvgIpc) is 2.45. The van der Waals surface area contributed by atoms with E-state index in [2.05, 4.69) is 17.2 Å². The lowest BCUT2D eigenvalue weighted by molar-refractivity contribution is -0.00294. The van der Waals surface area contributed by atoms with E-state index in [4.69, 9.17) is 4.74 Å². The summed E-state index contributed by atoms with van der Waals surface area (Å²) < 4.78 is 5.83. The second kappa shape index (κ2) is 7.41. The Morgan fingerprint density at radius 3 is 2.86 bits per heavy atom. The molecule has 2 rings (SSSR count). The standard InChI is InChI=1S/C16H24N2O3/c1-11-5-3-4-6-14(11)21-10-9-17-15(19)13-8-7-12(2)18-16(13)20/h7-8,11,14H,3-6,9-10H2,1-2H3,(H,17,19)(H,18,20)/t11-,14+/m0/s1. The van der Waals surface area contributed by atoms with E-state index in [0.717, 1.165) is 12.1 Å². The first-order valence-corrected chi connectivity index (χ1v) is 7.67. The fraction of sp³-hybridized carbons (Fsp3) is 0.625. The largest absolute Gasteiger partial charge is 0.376 e. The van der Waals surface area contributed by atoms with E-state index >= 15 is 0 Å². The summed E-state index contributed by atoms with van der Waals surface area (Å²) in [5.74, 6) is 0.242. The van der Waals surface area contributed by atoms with E-state index in [1.54, 1.807) is 19.1 Å². The topological polar surface area (TPSA) is 71.2 Å². The van der Waals surface area contributed by atoms with Crippen LogP contribution in [-0.4, -0.2) is 30.1 Å². The fourth-order valence-corrected chi connectivity index (χ4v) is 2.75. The maximum atomic E-state index is 11.9. The van der Waals surface area contributed by atoms with Crippen molar-refractivity contribution in [3.05, 3.63) is 33.7 Å². The molecule has 0 radical (unpaired) electrons. The number of carbonyl (C=O) groups is 1. The van der Waals surface area contributed by atoms with E-state index < -0.39 is 0 Å². The summed E-state index contributed by atoms with van der Waals surface area (Å²) in [4.78, 5) is 26.2. The molecule has 5 nitrogen and oxygen atoms in total. The Balaban J connectivity index is 1.75. The highest BCUT2D eigenvalue weighted by Crippen LogP contribution is 2.25. The maximum absolute atomic E-state index is 11.9. The molecule has 2 N–H and O–H groups in total. The summed E-state index contributed by atoms with van der Waals surface area (Å²) in [6.45, 7) is 4.91. The monoisotopic (exact) mass is 292 g/mol. The Kier molecular flexibility index (Phi) is 5.56. The van der Waals surface area contributed by atoms with Gasteiger partial charge < -0.3 is 15.0 Å². The average molecular weight is 292 g/mol. The summed E-state index contributed by atoms with van der Waals surface area (Å²) in [6.07, 6.45) is 5.13. The lowest BCUT2D eigenvalue weighted by Gasteiger charge is -2.28. The van der Waals surface area contributed by atoms with Gasteiger partial charge >= 0.3 is 0 Å². The molecule has 1 aromatic heterocycles. The van der Waals surface area contributed by atoms with Crippen molar-refractivity contribution < 1.29 is 9.53 Å². The number of hydrogen-bond donors (Lipinski definition) is 2. The number of rotatable bonds is 5. The van der Waals surface area contributed by atoms with Crippen LogP contribution >= 0.6 is 0 Å². The highest BCUT2D eigenvalue weighted by Gasteiger charge is 2.21. The number of hydrogen-bond acceptors (Lipinski definition) is 3. The van der Waals surface area contributed by atoms with Gasteiger partial charge in [0.15, 0.2) is 0 Å². The summed E-state index contributed by atoms with van der Waals surface area (Å²) in [7, 11) is 0. The summed E-state index contributed by atoms with van der Waals surface area (Å²) >= 11 is 0. The first-order chi connectivity index (χ1) is 10.1. The van der Waals surface area contributed by atoms with Crippen molar-refractivity contribution in [1.82, 2.24) is 10.3 Å². The van der Waals surface area contributed by atoms with Gasteiger partial charge in [0, 0.05) is 12.2 Å². The number of pyridine rings is 1. The summed E-state index contributed by atoms with van der Waals surface area (Å²) in [5, 5.41) is 2.73. The number of ether oxygens (including phenoxy) is 1. The van der Waals surface area contributed by atoms with Crippen LogP contribution in [0.15, 0.2) is 16.9 Å². The van der Waals surface area contributed by atoms with Crippen LogP contribution in [0.3, 0.4) is 0 Å². The van der Waals surface area contributed by atoms with Crippen molar-refractivity contribution in [2.75, 3.05) is 13.2 Å². The van der Waals surface area contributed by atoms with Crippen molar-refractivity contribution in [3.63, 3.8) is 0 Å². The Morgan fingerprint density at radius 2 is 2.14 bits per heavy atom. The lowest BCUT2D eigenvalue weighted by atomic mass is 9.88. The van der Waals surface area contributed by atoms with Crippen molar-refractivity contribution >= 4 is 5.91 Å².